The molecule has 1 aliphatic rings. The molecule has 1 atom stereocenters. The Bertz CT molecular complexity index is 1000. The fourth-order valence-corrected chi connectivity index (χ4v) is 4.18. The second kappa shape index (κ2) is 9.12. The maximum atomic E-state index is 13.0. The highest BCUT2D eigenvalue weighted by molar-refractivity contribution is 6.11. The molecule has 32 heavy (non-hydrogen) atoms. The number of anilines is 1. The standard InChI is InChI=1S/C25H30N2O5/c1-16-12-17(2)14-19(13-16)27-21(28)15-18-6-8-20(9-7-18)32-24(3,4)22(29)25(23(30)31)10-5-11-26-25/h6-9,12-14,26H,5,10-11,15H2,1-4H3,(H,27,28)(H,30,31). The highest BCUT2D eigenvalue weighted by Gasteiger charge is 2.54. The van der Waals surface area contributed by atoms with Gasteiger partial charge in [0.15, 0.2) is 11.1 Å². The molecule has 0 spiro atoms. The smallest absolute Gasteiger partial charge is 0.331 e. The fourth-order valence-electron chi connectivity index (χ4n) is 4.18. The van der Waals surface area contributed by atoms with Gasteiger partial charge in [-0.1, -0.05) is 18.2 Å². The van der Waals surface area contributed by atoms with Crippen LogP contribution < -0.4 is 15.4 Å². The van der Waals surface area contributed by atoms with Gasteiger partial charge in [0, 0.05) is 5.69 Å². The molecule has 1 heterocycles. The monoisotopic (exact) mass is 438 g/mol. The number of carboxylic acid groups (broad SMARTS) is 1. The predicted octanol–water partition coefficient (Wildman–Crippen LogP) is 3.42. The number of aryl methyl sites for hydroxylation is 2. The SMILES string of the molecule is Cc1cc(C)cc(NC(=O)Cc2ccc(OC(C)(C)C(=O)C3(C(=O)O)CCCN3)cc2)c1. The summed E-state index contributed by atoms with van der Waals surface area (Å²) >= 11 is 0. The van der Waals surface area contributed by atoms with E-state index in [1.807, 2.05) is 32.0 Å². The summed E-state index contributed by atoms with van der Waals surface area (Å²) in [5.41, 5.74) is 0.768. The lowest BCUT2D eigenvalue weighted by atomic mass is 9.83. The van der Waals surface area contributed by atoms with Crippen LogP contribution in [0.4, 0.5) is 5.69 Å². The van der Waals surface area contributed by atoms with E-state index in [2.05, 4.69) is 10.6 Å². The summed E-state index contributed by atoms with van der Waals surface area (Å²) in [5, 5.41) is 15.4. The van der Waals surface area contributed by atoms with Gasteiger partial charge < -0.3 is 15.2 Å². The molecule has 1 amide bonds. The average molecular weight is 439 g/mol. The van der Waals surface area contributed by atoms with Crippen LogP contribution >= 0.6 is 0 Å². The number of hydrogen-bond acceptors (Lipinski definition) is 5. The Labute approximate surface area is 188 Å². The largest absolute Gasteiger partial charge is 0.480 e. The van der Waals surface area contributed by atoms with Crippen molar-refractivity contribution in [3.63, 3.8) is 0 Å². The molecule has 2 aromatic carbocycles. The maximum absolute atomic E-state index is 13.0. The van der Waals surface area contributed by atoms with Gasteiger partial charge in [0.2, 0.25) is 11.7 Å². The van der Waals surface area contributed by atoms with Gasteiger partial charge in [-0.15, -0.1) is 0 Å². The lowest BCUT2D eigenvalue weighted by molar-refractivity contribution is -0.154. The maximum Gasteiger partial charge on any atom is 0.331 e. The van der Waals surface area contributed by atoms with Crippen LogP contribution in [0.1, 0.15) is 43.4 Å². The summed E-state index contributed by atoms with van der Waals surface area (Å²) in [6.45, 7) is 7.59. The number of amides is 1. The minimum atomic E-state index is -1.62. The number of aliphatic carboxylic acids is 1. The Balaban J connectivity index is 1.64. The van der Waals surface area contributed by atoms with Crippen LogP contribution in [0.25, 0.3) is 0 Å². The van der Waals surface area contributed by atoms with Crippen molar-refractivity contribution in [3.05, 3.63) is 59.2 Å². The van der Waals surface area contributed by atoms with Crippen LogP contribution in [0.3, 0.4) is 0 Å². The summed E-state index contributed by atoms with van der Waals surface area (Å²) in [6.07, 6.45) is 1.05. The van der Waals surface area contributed by atoms with E-state index in [4.69, 9.17) is 4.74 Å². The molecular weight excluding hydrogens is 408 g/mol. The summed E-state index contributed by atoms with van der Waals surface area (Å²) in [4.78, 5) is 37.3. The van der Waals surface area contributed by atoms with E-state index < -0.39 is 22.9 Å². The Hall–Kier alpha value is -3.19. The third-order valence-electron chi connectivity index (χ3n) is 5.62. The number of rotatable bonds is 8. The first kappa shape index (κ1) is 23.5. The van der Waals surface area contributed by atoms with E-state index in [0.29, 0.717) is 18.7 Å². The van der Waals surface area contributed by atoms with E-state index in [1.54, 1.807) is 38.1 Å². The zero-order valence-electron chi connectivity index (χ0n) is 19.0. The molecule has 1 aliphatic heterocycles. The molecule has 1 unspecified atom stereocenters. The molecule has 1 fully saturated rings. The van der Waals surface area contributed by atoms with Gasteiger partial charge in [0.1, 0.15) is 5.75 Å². The number of hydrogen-bond donors (Lipinski definition) is 3. The van der Waals surface area contributed by atoms with Crippen molar-refractivity contribution >= 4 is 23.3 Å². The number of carbonyl (C=O) groups excluding carboxylic acids is 2. The van der Waals surface area contributed by atoms with Crippen molar-refractivity contribution in [2.75, 3.05) is 11.9 Å². The molecule has 170 valence electrons. The van der Waals surface area contributed by atoms with Crippen molar-refractivity contribution in [1.29, 1.82) is 0 Å². The van der Waals surface area contributed by atoms with Gasteiger partial charge in [0.05, 0.1) is 6.42 Å². The molecular formula is C25H30N2O5. The van der Waals surface area contributed by atoms with Crippen LogP contribution in [0, 0.1) is 13.8 Å². The summed E-state index contributed by atoms with van der Waals surface area (Å²) in [7, 11) is 0. The van der Waals surface area contributed by atoms with Crippen LogP contribution in [0.15, 0.2) is 42.5 Å². The van der Waals surface area contributed by atoms with Crippen molar-refractivity contribution in [2.45, 2.75) is 58.1 Å². The molecule has 2 aromatic rings. The second-order valence-electron chi connectivity index (χ2n) is 8.93. The van der Waals surface area contributed by atoms with Crippen LogP contribution in [0.2, 0.25) is 0 Å². The van der Waals surface area contributed by atoms with Crippen molar-refractivity contribution in [1.82, 2.24) is 5.32 Å². The molecule has 0 aromatic heterocycles. The minimum absolute atomic E-state index is 0.130. The molecule has 0 radical (unpaired) electrons. The Morgan fingerprint density at radius 3 is 2.25 bits per heavy atom. The van der Waals surface area contributed by atoms with Crippen LogP contribution in [-0.4, -0.2) is 40.5 Å². The highest BCUT2D eigenvalue weighted by Crippen LogP contribution is 2.29. The third kappa shape index (κ3) is 5.16. The molecule has 0 aliphatic carbocycles. The lowest BCUT2D eigenvalue weighted by Gasteiger charge is -2.33. The van der Waals surface area contributed by atoms with Crippen molar-refractivity contribution in [2.24, 2.45) is 0 Å². The van der Waals surface area contributed by atoms with Gasteiger partial charge >= 0.3 is 5.97 Å². The molecule has 7 nitrogen and oxygen atoms in total. The summed E-state index contributed by atoms with van der Waals surface area (Å²) in [6, 6.07) is 12.8. The Morgan fingerprint density at radius 1 is 1.09 bits per heavy atom. The van der Waals surface area contributed by atoms with E-state index in [0.717, 1.165) is 22.4 Å². The normalized spacial score (nSPS) is 18.2. The molecule has 7 heteroatoms. The van der Waals surface area contributed by atoms with Crippen molar-refractivity contribution < 1.29 is 24.2 Å². The molecule has 0 saturated carbocycles. The first-order valence-corrected chi connectivity index (χ1v) is 10.7. The Kier molecular flexibility index (Phi) is 6.69. The first-order chi connectivity index (χ1) is 15.0. The number of ether oxygens (including phenoxy) is 1. The van der Waals surface area contributed by atoms with Crippen LogP contribution in [-0.2, 0) is 20.8 Å². The predicted molar refractivity (Wildman–Crippen MR) is 122 cm³/mol. The summed E-state index contributed by atoms with van der Waals surface area (Å²) < 4.78 is 5.88. The van der Waals surface area contributed by atoms with Gasteiger partial charge in [-0.2, -0.15) is 0 Å². The van der Waals surface area contributed by atoms with Crippen molar-refractivity contribution in [3.8, 4) is 5.75 Å². The van der Waals surface area contributed by atoms with Gasteiger partial charge in [-0.25, -0.2) is 4.79 Å². The number of ketones is 1. The first-order valence-electron chi connectivity index (χ1n) is 10.7. The molecule has 1 saturated heterocycles. The second-order valence-corrected chi connectivity index (χ2v) is 8.93. The van der Waals surface area contributed by atoms with E-state index >= 15 is 0 Å². The van der Waals surface area contributed by atoms with E-state index in [1.165, 1.54) is 0 Å². The molecule has 3 rings (SSSR count). The number of carboxylic acids is 1. The van der Waals surface area contributed by atoms with E-state index in [9.17, 15) is 19.5 Å². The zero-order valence-corrected chi connectivity index (χ0v) is 19.0. The number of benzene rings is 2. The zero-order chi connectivity index (χ0) is 23.5. The average Bonchev–Trinajstić information content (AvgIpc) is 3.19. The number of carbonyl (C=O) groups is 3. The number of nitrogens with one attached hydrogen (secondary N) is 2. The van der Waals surface area contributed by atoms with Gasteiger partial charge in [-0.3, -0.25) is 14.9 Å². The van der Waals surface area contributed by atoms with Gasteiger partial charge in [0.25, 0.3) is 0 Å². The topological polar surface area (TPSA) is 105 Å². The lowest BCUT2D eigenvalue weighted by Crippen LogP contribution is -2.62. The molecule has 3 N–H and O–H groups in total. The van der Waals surface area contributed by atoms with Gasteiger partial charge in [-0.05, 0) is 88.0 Å². The number of Topliss-reactive ketones (excluding diaryl/α,β-unsaturated/α-hetero) is 1. The Morgan fingerprint density at radius 2 is 1.72 bits per heavy atom. The summed E-state index contributed by atoms with van der Waals surface area (Å²) in [5.74, 6) is -1.39. The fraction of sp³-hybridized carbons (Fsp3) is 0.400. The molecule has 0 bridgehead atoms. The van der Waals surface area contributed by atoms with Crippen LogP contribution in [0.5, 0.6) is 5.75 Å². The third-order valence-corrected chi connectivity index (χ3v) is 5.62. The highest BCUT2D eigenvalue weighted by atomic mass is 16.5. The quantitative estimate of drug-likeness (QED) is 0.546. The van der Waals surface area contributed by atoms with E-state index in [-0.39, 0.29) is 18.7 Å². The minimum Gasteiger partial charge on any atom is -0.480 e.